The van der Waals surface area contributed by atoms with E-state index in [1.54, 1.807) is 50.2 Å². The molecule has 1 atom stereocenters. The highest BCUT2D eigenvalue weighted by Gasteiger charge is 2.48. The molecule has 4 aromatic rings. The number of pyridine rings is 2. The maximum atomic E-state index is 13.3. The Balaban J connectivity index is 0.713. The van der Waals surface area contributed by atoms with Crippen molar-refractivity contribution in [2.75, 3.05) is 64.9 Å². The Hall–Kier alpha value is -5.80. The zero-order chi connectivity index (χ0) is 43.6. The van der Waals surface area contributed by atoms with E-state index in [4.69, 9.17) is 14.2 Å². The van der Waals surface area contributed by atoms with Gasteiger partial charge in [0, 0.05) is 63.0 Å². The van der Waals surface area contributed by atoms with Crippen molar-refractivity contribution in [2.24, 2.45) is 18.4 Å². The number of carbonyl (C=O) groups is 4. The smallest absolute Gasteiger partial charge is 0.262 e. The van der Waals surface area contributed by atoms with E-state index in [0.717, 1.165) is 142 Å². The summed E-state index contributed by atoms with van der Waals surface area (Å²) >= 11 is 0. The Morgan fingerprint density at radius 3 is 2.17 bits per heavy atom. The van der Waals surface area contributed by atoms with Gasteiger partial charge in [-0.05, 0) is 131 Å². The minimum atomic E-state index is -0.987. The summed E-state index contributed by atoms with van der Waals surface area (Å²) in [7, 11) is 5.20. The normalized spacial score (nSPS) is 22.0. The summed E-state index contributed by atoms with van der Waals surface area (Å²) in [5.41, 5.74) is 3.60. The van der Waals surface area contributed by atoms with Gasteiger partial charge in [-0.2, -0.15) is 0 Å². The summed E-state index contributed by atoms with van der Waals surface area (Å²) in [4.78, 5) is 76.6. The summed E-state index contributed by atoms with van der Waals surface area (Å²) < 4.78 is 20.0. The zero-order valence-corrected chi connectivity index (χ0v) is 36.3. The molecular weight excluding hydrogens is 803 g/mol. The first-order valence-electron chi connectivity index (χ1n) is 22.5. The first-order chi connectivity index (χ1) is 30.5. The van der Waals surface area contributed by atoms with Crippen molar-refractivity contribution in [2.45, 2.75) is 76.5 Å². The predicted molar refractivity (Wildman–Crippen MR) is 235 cm³/mol. The number of amides is 4. The van der Waals surface area contributed by atoms with Gasteiger partial charge in [0.25, 0.3) is 17.4 Å². The fourth-order valence-electron chi connectivity index (χ4n) is 10.8. The molecule has 5 fully saturated rings. The molecule has 5 aliphatic heterocycles. The van der Waals surface area contributed by atoms with Crippen molar-refractivity contribution in [3.63, 3.8) is 0 Å². The molecule has 1 aliphatic carbocycles. The van der Waals surface area contributed by atoms with E-state index in [0.29, 0.717) is 17.1 Å². The lowest BCUT2D eigenvalue weighted by atomic mass is 9.61. The number of methoxy groups -OCH3 is 2. The van der Waals surface area contributed by atoms with Crippen LogP contribution in [0, 0.1) is 11.3 Å². The molecule has 1 spiro atoms. The maximum Gasteiger partial charge on any atom is 0.262 e. The molecule has 7 heterocycles. The van der Waals surface area contributed by atoms with Crippen LogP contribution in [0.5, 0.6) is 17.2 Å². The van der Waals surface area contributed by atoms with Crippen LogP contribution < -0.4 is 30.0 Å². The highest BCUT2D eigenvalue weighted by Crippen LogP contribution is 2.51. The molecule has 6 aliphatic rings. The molecule has 4 saturated heterocycles. The predicted octanol–water partition coefficient (Wildman–Crippen LogP) is 4.76. The molecule has 63 heavy (non-hydrogen) atoms. The van der Waals surface area contributed by atoms with Gasteiger partial charge in [-0.1, -0.05) is 0 Å². The van der Waals surface area contributed by atoms with Gasteiger partial charge in [-0.25, -0.2) is 4.98 Å². The first-order valence-corrected chi connectivity index (χ1v) is 22.5. The third-order valence-electron chi connectivity index (χ3n) is 14.7. The van der Waals surface area contributed by atoms with Crippen molar-refractivity contribution in [1.82, 2.24) is 29.6 Å². The standard InChI is InChI=1S/C48H55N7O8/c1-51-27-37(34-22-42(54-13-4-14-54)49-25-36(34)45(51)58)30-19-40(61-2)38(41(20-30)62-3)28-52-15-9-29(10-16-52)26-53-17-11-48(12-18-53)23-32(24-48)63-31-5-6-33-35(21-31)47(60)55(46(33)59)39-7-8-43(56)50-44(39)57/h5-6,19-22,25,27,29,32,39H,4,7-18,23-24,26,28H2,1-3H3,(H,50,56,57). The van der Waals surface area contributed by atoms with Crippen molar-refractivity contribution in [3.05, 3.63) is 75.8 Å². The molecule has 1 saturated carbocycles. The number of imide groups is 2. The maximum absolute atomic E-state index is 13.3. The summed E-state index contributed by atoms with van der Waals surface area (Å²) in [6.45, 7) is 7.97. The van der Waals surface area contributed by atoms with Crippen LogP contribution in [-0.2, 0) is 23.2 Å². The molecule has 330 valence electrons. The number of fused-ring (bicyclic) bond motifs is 2. The number of likely N-dealkylation sites (tertiary alicyclic amines) is 2. The topological polar surface area (TPSA) is 156 Å². The van der Waals surface area contributed by atoms with Gasteiger partial charge in [0.05, 0.1) is 42.4 Å². The van der Waals surface area contributed by atoms with E-state index in [1.807, 2.05) is 12.3 Å². The fourth-order valence-corrected chi connectivity index (χ4v) is 10.8. The lowest BCUT2D eigenvalue weighted by Gasteiger charge is -2.52. The van der Waals surface area contributed by atoms with E-state index < -0.39 is 29.7 Å². The monoisotopic (exact) mass is 857 g/mol. The van der Waals surface area contributed by atoms with E-state index >= 15 is 0 Å². The van der Waals surface area contributed by atoms with Gasteiger partial charge in [-0.15, -0.1) is 0 Å². The Bertz CT molecular complexity index is 2540. The molecule has 10 rings (SSSR count). The van der Waals surface area contributed by atoms with E-state index in [9.17, 15) is 24.0 Å². The quantitative estimate of drug-likeness (QED) is 0.207. The van der Waals surface area contributed by atoms with Crippen molar-refractivity contribution in [3.8, 4) is 28.4 Å². The van der Waals surface area contributed by atoms with Crippen LogP contribution in [0.15, 0.2) is 53.6 Å². The Kier molecular flexibility index (Phi) is 10.7. The SMILES string of the molecule is COc1cc(-c2cn(C)c(=O)c3cnc(N4CCC4)cc23)cc(OC)c1CN1CCC(CN2CCC3(CC2)CC(Oc2ccc4c(c2)C(=O)N(C2CCC(=O)NC2=O)C4=O)C3)CC1. The van der Waals surface area contributed by atoms with E-state index in [-0.39, 0.29) is 41.0 Å². The number of piperidine rings is 3. The van der Waals surface area contributed by atoms with Crippen molar-refractivity contribution in [1.29, 1.82) is 0 Å². The van der Waals surface area contributed by atoms with Gasteiger partial charge in [0.15, 0.2) is 0 Å². The fraction of sp³-hybridized carbons (Fsp3) is 0.500. The molecule has 2 aromatic heterocycles. The number of aryl methyl sites for hydroxylation is 1. The molecule has 15 nitrogen and oxygen atoms in total. The van der Waals surface area contributed by atoms with Crippen LogP contribution >= 0.6 is 0 Å². The summed E-state index contributed by atoms with van der Waals surface area (Å²) in [6.07, 6.45) is 11.5. The minimum absolute atomic E-state index is 0.0556. The number of hydrogen-bond acceptors (Lipinski definition) is 12. The highest BCUT2D eigenvalue weighted by atomic mass is 16.5. The molecule has 4 amide bonds. The zero-order valence-electron chi connectivity index (χ0n) is 36.3. The number of anilines is 1. The summed E-state index contributed by atoms with van der Waals surface area (Å²) in [5, 5.41) is 3.70. The van der Waals surface area contributed by atoms with Crippen molar-refractivity contribution < 1.29 is 33.4 Å². The number of ether oxygens (including phenoxy) is 3. The molecule has 1 unspecified atom stereocenters. The van der Waals surface area contributed by atoms with Gasteiger partial charge in [-0.3, -0.25) is 39.1 Å². The highest BCUT2D eigenvalue weighted by molar-refractivity contribution is 6.23. The van der Waals surface area contributed by atoms with E-state index in [1.165, 1.54) is 0 Å². The average Bonchev–Trinajstić information content (AvgIpc) is 3.49. The molecule has 0 radical (unpaired) electrons. The summed E-state index contributed by atoms with van der Waals surface area (Å²) in [6, 6.07) is 10.2. The Morgan fingerprint density at radius 2 is 1.51 bits per heavy atom. The second kappa shape index (κ2) is 16.4. The number of nitrogens with zero attached hydrogens (tertiary/aromatic N) is 6. The Labute approximate surface area is 366 Å². The second-order valence-corrected chi connectivity index (χ2v) is 18.6. The lowest BCUT2D eigenvalue weighted by molar-refractivity contribution is -0.136. The molecular formula is C48H55N7O8. The Morgan fingerprint density at radius 1 is 0.794 bits per heavy atom. The second-order valence-electron chi connectivity index (χ2n) is 18.6. The minimum Gasteiger partial charge on any atom is -0.496 e. The van der Waals surface area contributed by atoms with Gasteiger partial charge < -0.3 is 28.6 Å². The largest absolute Gasteiger partial charge is 0.496 e. The number of rotatable bonds is 11. The molecule has 15 heteroatoms. The average molecular weight is 858 g/mol. The van der Waals surface area contributed by atoms with Crippen molar-refractivity contribution >= 4 is 40.2 Å². The molecule has 0 bridgehead atoms. The van der Waals surface area contributed by atoms with Crippen LogP contribution in [-0.4, -0.2) is 120 Å². The number of carbonyl (C=O) groups excluding carboxylic acids is 4. The van der Waals surface area contributed by atoms with Gasteiger partial charge in [0.1, 0.15) is 29.1 Å². The number of benzene rings is 2. The van der Waals surface area contributed by atoms with Crippen LogP contribution in [0.1, 0.15) is 84.1 Å². The van der Waals surface area contributed by atoms with Crippen LogP contribution in [0.3, 0.4) is 0 Å². The van der Waals surface area contributed by atoms with Crippen LogP contribution in [0.4, 0.5) is 5.82 Å². The van der Waals surface area contributed by atoms with Crippen LogP contribution in [0.25, 0.3) is 21.9 Å². The third-order valence-corrected chi connectivity index (χ3v) is 14.7. The molecule has 1 N–H and O–H groups in total. The van der Waals surface area contributed by atoms with E-state index in [2.05, 4.69) is 37.1 Å². The number of nitrogens with one attached hydrogen (secondary N) is 1. The first kappa shape index (κ1) is 41.2. The van der Waals surface area contributed by atoms with Gasteiger partial charge in [0.2, 0.25) is 11.8 Å². The number of aromatic nitrogens is 2. The van der Waals surface area contributed by atoms with Crippen LogP contribution in [0.2, 0.25) is 0 Å². The summed E-state index contributed by atoms with van der Waals surface area (Å²) in [5.74, 6) is 1.60. The van der Waals surface area contributed by atoms with Gasteiger partial charge >= 0.3 is 0 Å². The lowest BCUT2D eigenvalue weighted by Crippen LogP contribution is -2.54. The molecule has 2 aromatic carbocycles. The number of hydrogen-bond donors (Lipinski definition) is 1. The third kappa shape index (κ3) is 7.62.